The number of piperidine rings is 1. The molecule has 0 spiro atoms. The first-order chi connectivity index (χ1) is 10.3. The number of rotatable bonds is 1. The van der Waals surface area contributed by atoms with Crippen molar-refractivity contribution < 1.29 is 28.6 Å². The average Bonchev–Trinajstić information content (AvgIpc) is 2.83. The van der Waals surface area contributed by atoms with Gasteiger partial charge in [-0.1, -0.05) is 0 Å². The summed E-state index contributed by atoms with van der Waals surface area (Å²) in [4.78, 5) is 38.0. The molecule has 0 radical (unpaired) electrons. The fourth-order valence-corrected chi connectivity index (χ4v) is 2.50. The number of cyclic esters (lactones) is 1. The summed E-state index contributed by atoms with van der Waals surface area (Å²) in [6.07, 6.45) is -0.731. The molecule has 0 bridgehead atoms. The van der Waals surface area contributed by atoms with Gasteiger partial charge < -0.3 is 24.0 Å². The Balaban J connectivity index is 1.77. The van der Waals surface area contributed by atoms with E-state index in [2.05, 4.69) is 4.74 Å². The summed E-state index contributed by atoms with van der Waals surface area (Å²) in [5, 5.41) is 0. The van der Waals surface area contributed by atoms with E-state index in [0.29, 0.717) is 39.1 Å². The summed E-state index contributed by atoms with van der Waals surface area (Å²) >= 11 is 0. The van der Waals surface area contributed by atoms with Crippen LogP contribution in [0.2, 0.25) is 0 Å². The van der Waals surface area contributed by atoms with Crippen molar-refractivity contribution in [2.75, 3.05) is 26.2 Å². The molecule has 2 rings (SSSR count). The van der Waals surface area contributed by atoms with Crippen LogP contribution in [0, 0.1) is 0 Å². The Morgan fingerprint density at radius 2 is 1.82 bits per heavy atom. The molecule has 0 unspecified atom stereocenters. The minimum absolute atomic E-state index is 0.0700. The Morgan fingerprint density at radius 1 is 1.18 bits per heavy atom. The third kappa shape index (κ3) is 4.25. The zero-order valence-corrected chi connectivity index (χ0v) is 13.2. The Morgan fingerprint density at radius 3 is 2.32 bits per heavy atom. The van der Waals surface area contributed by atoms with Crippen molar-refractivity contribution in [2.24, 2.45) is 0 Å². The van der Waals surface area contributed by atoms with Crippen LogP contribution in [-0.2, 0) is 14.2 Å². The van der Waals surface area contributed by atoms with Gasteiger partial charge in [-0.25, -0.2) is 14.4 Å². The van der Waals surface area contributed by atoms with Gasteiger partial charge in [-0.05, 0) is 33.6 Å². The van der Waals surface area contributed by atoms with Crippen LogP contribution in [0.4, 0.5) is 14.4 Å². The molecule has 22 heavy (non-hydrogen) atoms. The molecule has 0 aromatic rings. The van der Waals surface area contributed by atoms with Crippen molar-refractivity contribution in [3.8, 4) is 0 Å². The number of carbonyl (C=O) groups excluding carboxylic acids is 3. The van der Waals surface area contributed by atoms with E-state index in [4.69, 9.17) is 9.47 Å². The van der Waals surface area contributed by atoms with Gasteiger partial charge in [-0.15, -0.1) is 0 Å². The van der Waals surface area contributed by atoms with E-state index in [-0.39, 0.29) is 12.1 Å². The Labute approximate surface area is 129 Å². The zero-order valence-electron chi connectivity index (χ0n) is 13.2. The normalized spacial score (nSPS) is 19.9. The zero-order chi connectivity index (χ0) is 16.3. The minimum Gasteiger partial charge on any atom is -0.448 e. The summed E-state index contributed by atoms with van der Waals surface area (Å²) in [5.74, 6) is 0. The van der Waals surface area contributed by atoms with Crippen molar-refractivity contribution in [2.45, 2.75) is 45.3 Å². The first-order valence-corrected chi connectivity index (χ1v) is 7.39. The monoisotopic (exact) mass is 314 g/mol. The number of carbonyl (C=O) groups is 3. The van der Waals surface area contributed by atoms with Gasteiger partial charge in [-0.2, -0.15) is 0 Å². The summed E-state index contributed by atoms with van der Waals surface area (Å²) < 4.78 is 14.5. The Bertz CT molecular complexity index is 451. The van der Waals surface area contributed by atoms with E-state index in [9.17, 15) is 14.4 Å². The lowest BCUT2D eigenvalue weighted by Gasteiger charge is -2.34. The molecule has 0 aromatic heterocycles. The highest BCUT2D eigenvalue weighted by atomic mass is 16.8. The molecule has 124 valence electrons. The summed E-state index contributed by atoms with van der Waals surface area (Å²) in [6.45, 7) is 6.94. The van der Waals surface area contributed by atoms with Crippen molar-refractivity contribution in [3.63, 3.8) is 0 Å². The van der Waals surface area contributed by atoms with Gasteiger partial charge in [0.1, 0.15) is 12.2 Å². The van der Waals surface area contributed by atoms with E-state index in [1.807, 2.05) is 0 Å². The largest absolute Gasteiger partial charge is 0.517 e. The first kappa shape index (κ1) is 16.4. The third-order valence-electron chi connectivity index (χ3n) is 3.52. The fraction of sp³-hybridized carbons (Fsp3) is 0.786. The van der Waals surface area contributed by atoms with E-state index in [1.54, 1.807) is 25.7 Å². The van der Waals surface area contributed by atoms with Gasteiger partial charge in [0.25, 0.3) is 0 Å². The molecule has 2 fully saturated rings. The van der Waals surface area contributed by atoms with Crippen LogP contribution in [0.1, 0.15) is 33.6 Å². The molecule has 2 aliphatic rings. The second kappa shape index (κ2) is 6.41. The maximum Gasteiger partial charge on any atom is 0.517 e. The highest BCUT2D eigenvalue weighted by molar-refractivity contribution is 5.80. The molecular formula is C14H22N2O6. The van der Waals surface area contributed by atoms with Crippen molar-refractivity contribution in [1.82, 2.24) is 9.80 Å². The van der Waals surface area contributed by atoms with E-state index in [1.165, 1.54) is 4.90 Å². The Kier molecular flexibility index (Phi) is 4.77. The van der Waals surface area contributed by atoms with Crippen LogP contribution in [0.3, 0.4) is 0 Å². The molecule has 2 saturated heterocycles. The number of hydrogen-bond donors (Lipinski definition) is 0. The van der Waals surface area contributed by atoms with E-state index in [0.717, 1.165) is 0 Å². The van der Waals surface area contributed by atoms with Gasteiger partial charge in [0.05, 0.1) is 6.54 Å². The van der Waals surface area contributed by atoms with Crippen LogP contribution >= 0.6 is 0 Å². The van der Waals surface area contributed by atoms with E-state index < -0.39 is 17.8 Å². The van der Waals surface area contributed by atoms with Gasteiger partial charge >= 0.3 is 18.3 Å². The second-order valence-corrected chi connectivity index (χ2v) is 6.36. The maximum absolute atomic E-state index is 11.9. The first-order valence-electron chi connectivity index (χ1n) is 7.39. The van der Waals surface area contributed by atoms with Crippen molar-refractivity contribution in [1.29, 1.82) is 0 Å². The minimum atomic E-state index is -0.997. The molecule has 2 amide bonds. The van der Waals surface area contributed by atoms with Crippen LogP contribution in [0.25, 0.3) is 0 Å². The summed E-state index contributed by atoms with van der Waals surface area (Å²) in [6, 6.07) is 0.0700. The molecule has 0 atom stereocenters. The van der Waals surface area contributed by atoms with Gasteiger partial charge in [-0.3, -0.25) is 0 Å². The molecule has 0 N–H and O–H groups in total. The molecular weight excluding hydrogens is 292 g/mol. The van der Waals surface area contributed by atoms with Gasteiger partial charge in [0, 0.05) is 19.1 Å². The average molecular weight is 314 g/mol. The lowest BCUT2D eigenvalue weighted by Crippen LogP contribution is -2.47. The number of amides is 2. The number of ether oxygens (including phenoxy) is 3. The third-order valence-corrected chi connectivity index (χ3v) is 3.52. The van der Waals surface area contributed by atoms with Gasteiger partial charge in [0.15, 0.2) is 0 Å². The van der Waals surface area contributed by atoms with Crippen LogP contribution in [-0.4, -0.2) is 66.0 Å². The quantitative estimate of drug-likeness (QED) is 0.543. The maximum atomic E-state index is 11.9. The Hall–Kier alpha value is -1.99. The van der Waals surface area contributed by atoms with Crippen molar-refractivity contribution >= 4 is 18.3 Å². The molecule has 0 aromatic carbocycles. The lowest BCUT2D eigenvalue weighted by atomic mass is 10.0. The lowest BCUT2D eigenvalue weighted by molar-refractivity contribution is 0.000796. The summed E-state index contributed by atoms with van der Waals surface area (Å²) in [5.41, 5.74) is -0.708. The SMILES string of the molecule is CC(C)(C)OC(=O)OC(=O)N1CCC(N2CCOC2=O)CC1. The molecule has 8 heteroatoms. The molecule has 0 saturated carbocycles. The predicted molar refractivity (Wildman–Crippen MR) is 75.4 cm³/mol. The van der Waals surface area contributed by atoms with E-state index >= 15 is 0 Å². The van der Waals surface area contributed by atoms with Crippen LogP contribution < -0.4 is 0 Å². The molecule has 0 aliphatic carbocycles. The predicted octanol–water partition coefficient (Wildman–Crippen LogP) is 1.97. The highest BCUT2D eigenvalue weighted by Gasteiger charge is 2.34. The van der Waals surface area contributed by atoms with Crippen LogP contribution in [0.5, 0.6) is 0 Å². The second-order valence-electron chi connectivity index (χ2n) is 6.36. The highest BCUT2D eigenvalue weighted by Crippen LogP contribution is 2.20. The van der Waals surface area contributed by atoms with Crippen molar-refractivity contribution in [3.05, 3.63) is 0 Å². The summed E-state index contributed by atoms with van der Waals surface area (Å²) in [7, 11) is 0. The molecule has 2 heterocycles. The number of hydrogen-bond acceptors (Lipinski definition) is 6. The fourth-order valence-electron chi connectivity index (χ4n) is 2.50. The molecule has 2 aliphatic heterocycles. The standard InChI is InChI=1S/C14H22N2O6/c1-14(2,3)22-13(19)21-11(17)15-6-4-10(5-7-15)16-8-9-20-12(16)18/h10H,4-9H2,1-3H3. The molecule has 8 nitrogen and oxygen atoms in total. The van der Waals surface area contributed by atoms with Crippen LogP contribution in [0.15, 0.2) is 0 Å². The topological polar surface area (TPSA) is 85.4 Å². The smallest absolute Gasteiger partial charge is 0.448 e. The number of likely N-dealkylation sites (tertiary alicyclic amines) is 1. The van der Waals surface area contributed by atoms with Gasteiger partial charge in [0.2, 0.25) is 0 Å². The number of nitrogens with zero attached hydrogens (tertiary/aromatic N) is 2.